The van der Waals surface area contributed by atoms with Crippen LogP contribution < -0.4 is 10.0 Å². The van der Waals surface area contributed by atoms with E-state index in [9.17, 15) is 13.2 Å². The summed E-state index contributed by atoms with van der Waals surface area (Å²) in [5.74, 6) is -0.0669. The molecule has 2 aliphatic rings. The maximum absolute atomic E-state index is 12.6. The highest BCUT2D eigenvalue weighted by Crippen LogP contribution is 2.38. The first-order chi connectivity index (χ1) is 14.1. The predicted molar refractivity (Wildman–Crippen MR) is 123 cm³/mol. The van der Waals surface area contributed by atoms with Gasteiger partial charge in [0.25, 0.3) is 0 Å². The Hall–Kier alpha value is -1.60. The lowest BCUT2D eigenvalue weighted by molar-refractivity contribution is 0.120. The lowest BCUT2D eigenvalue weighted by atomic mass is 9.99. The van der Waals surface area contributed by atoms with Crippen molar-refractivity contribution in [1.82, 2.24) is 9.62 Å². The lowest BCUT2D eigenvalue weighted by Crippen LogP contribution is -2.45. The van der Waals surface area contributed by atoms with Gasteiger partial charge in [0.05, 0.1) is 5.75 Å². The Labute approximate surface area is 181 Å². The molecule has 0 heterocycles. The second-order valence-electron chi connectivity index (χ2n) is 9.38. The SMILES string of the molecule is CC(C)N(C(C)C)C(C)CCS(=O)(=O)NC(=O)Nc1c2c(cc3c1CCC3)CCC2. The highest BCUT2D eigenvalue weighted by molar-refractivity contribution is 7.90. The van der Waals surface area contributed by atoms with Gasteiger partial charge in [-0.1, -0.05) is 6.07 Å². The minimum atomic E-state index is -3.70. The number of fused-ring (bicyclic) bond motifs is 2. The maximum atomic E-state index is 12.6. The topological polar surface area (TPSA) is 78.5 Å². The molecule has 2 N–H and O–H groups in total. The van der Waals surface area contributed by atoms with E-state index in [1.54, 1.807) is 0 Å². The summed E-state index contributed by atoms with van der Waals surface area (Å²) in [6.45, 7) is 10.5. The fourth-order valence-corrected chi connectivity index (χ4v) is 6.47. The summed E-state index contributed by atoms with van der Waals surface area (Å²) >= 11 is 0. The van der Waals surface area contributed by atoms with Gasteiger partial charge in [-0.2, -0.15) is 0 Å². The Morgan fingerprint density at radius 1 is 0.967 bits per heavy atom. The molecule has 0 radical (unpaired) electrons. The lowest BCUT2D eigenvalue weighted by Gasteiger charge is -2.36. The van der Waals surface area contributed by atoms with Crippen LogP contribution in [0.3, 0.4) is 0 Å². The number of carbonyl (C=O) groups excluding carboxylic acids is 1. The van der Waals surface area contributed by atoms with Crippen LogP contribution in [0, 0.1) is 0 Å². The van der Waals surface area contributed by atoms with E-state index in [0.717, 1.165) is 44.2 Å². The normalized spacial score (nSPS) is 16.8. The van der Waals surface area contributed by atoms with Gasteiger partial charge in [0.15, 0.2) is 0 Å². The van der Waals surface area contributed by atoms with Crippen molar-refractivity contribution in [1.29, 1.82) is 0 Å². The molecule has 2 aliphatic carbocycles. The minimum Gasteiger partial charge on any atom is -0.307 e. The monoisotopic (exact) mass is 435 g/mol. The number of nitrogens with zero attached hydrogens (tertiary/aromatic N) is 1. The largest absolute Gasteiger partial charge is 0.332 e. The highest BCUT2D eigenvalue weighted by Gasteiger charge is 2.27. The van der Waals surface area contributed by atoms with Crippen LogP contribution in [0.4, 0.5) is 10.5 Å². The average molecular weight is 436 g/mol. The maximum Gasteiger partial charge on any atom is 0.332 e. The summed E-state index contributed by atoms with van der Waals surface area (Å²) in [7, 11) is -3.70. The number of urea groups is 1. The second kappa shape index (κ2) is 9.27. The molecule has 1 unspecified atom stereocenters. The zero-order chi connectivity index (χ0) is 22.1. The zero-order valence-corrected chi connectivity index (χ0v) is 19.9. The molecule has 0 saturated heterocycles. The number of nitrogens with one attached hydrogen (secondary N) is 2. The molecule has 0 bridgehead atoms. The second-order valence-corrected chi connectivity index (χ2v) is 11.2. The summed E-state index contributed by atoms with van der Waals surface area (Å²) in [6.07, 6.45) is 6.63. The number of hydrogen-bond donors (Lipinski definition) is 2. The fourth-order valence-electron chi connectivity index (χ4n) is 5.39. The predicted octanol–water partition coefficient (Wildman–Crippen LogP) is 4.01. The van der Waals surface area contributed by atoms with E-state index in [1.165, 1.54) is 22.3 Å². The van der Waals surface area contributed by atoms with Crippen LogP contribution >= 0.6 is 0 Å². The Kier molecular flexibility index (Phi) is 7.13. The van der Waals surface area contributed by atoms with E-state index < -0.39 is 16.1 Å². The first-order valence-corrected chi connectivity index (χ1v) is 13.0. The van der Waals surface area contributed by atoms with Gasteiger partial charge in [0, 0.05) is 23.8 Å². The van der Waals surface area contributed by atoms with Gasteiger partial charge in [0.1, 0.15) is 0 Å². The van der Waals surface area contributed by atoms with Gasteiger partial charge in [0.2, 0.25) is 10.0 Å². The van der Waals surface area contributed by atoms with Crippen molar-refractivity contribution in [2.24, 2.45) is 0 Å². The Balaban J connectivity index is 1.64. The van der Waals surface area contributed by atoms with Gasteiger partial charge < -0.3 is 5.32 Å². The number of rotatable bonds is 8. The average Bonchev–Trinajstić information content (AvgIpc) is 3.27. The molecule has 1 aromatic carbocycles. The number of aryl methyl sites for hydroxylation is 2. The van der Waals surface area contributed by atoms with Crippen LogP contribution in [0.2, 0.25) is 0 Å². The smallest absolute Gasteiger partial charge is 0.307 e. The third-order valence-corrected chi connectivity index (χ3v) is 7.74. The Morgan fingerprint density at radius 2 is 1.50 bits per heavy atom. The summed E-state index contributed by atoms with van der Waals surface area (Å²) in [4.78, 5) is 14.9. The van der Waals surface area contributed by atoms with Crippen molar-refractivity contribution >= 4 is 21.7 Å². The molecule has 168 valence electrons. The molecule has 2 amide bonds. The minimum absolute atomic E-state index is 0.0669. The van der Waals surface area contributed by atoms with E-state index in [4.69, 9.17) is 0 Å². The number of sulfonamides is 1. The third-order valence-electron chi connectivity index (χ3n) is 6.47. The molecule has 0 saturated carbocycles. The van der Waals surface area contributed by atoms with Gasteiger partial charge in [-0.15, -0.1) is 0 Å². The van der Waals surface area contributed by atoms with Gasteiger partial charge in [-0.05, 0) is 102 Å². The van der Waals surface area contributed by atoms with Gasteiger partial charge in [-0.25, -0.2) is 17.9 Å². The molecular formula is C23H37N3O3S. The van der Waals surface area contributed by atoms with Crippen molar-refractivity contribution < 1.29 is 13.2 Å². The van der Waals surface area contributed by atoms with Crippen LogP contribution in [0.15, 0.2) is 6.07 Å². The van der Waals surface area contributed by atoms with Crippen molar-refractivity contribution in [2.75, 3.05) is 11.1 Å². The van der Waals surface area contributed by atoms with Crippen LogP contribution in [0.5, 0.6) is 0 Å². The number of hydrogen-bond acceptors (Lipinski definition) is 4. The van der Waals surface area contributed by atoms with E-state index in [2.05, 4.69) is 48.7 Å². The van der Waals surface area contributed by atoms with E-state index in [1.807, 2.05) is 6.92 Å². The van der Waals surface area contributed by atoms with Crippen LogP contribution in [-0.2, 0) is 35.7 Å². The summed E-state index contributed by atoms with van der Waals surface area (Å²) < 4.78 is 27.4. The molecule has 3 rings (SSSR count). The van der Waals surface area contributed by atoms with Gasteiger partial charge in [-0.3, -0.25) is 4.90 Å². The molecule has 1 aromatic rings. The standard InChI is InChI=1S/C23H37N3O3S/c1-15(2)26(16(3)4)17(5)12-13-30(28,29)25-23(27)24-22-20-10-6-8-18(20)14-19-9-7-11-21(19)22/h14-17H,6-13H2,1-5H3,(H2,24,25,27). The molecule has 30 heavy (non-hydrogen) atoms. The summed E-state index contributed by atoms with van der Waals surface area (Å²) in [6, 6.07) is 2.44. The third kappa shape index (κ3) is 5.17. The number of amides is 2. The Morgan fingerprint density at radius 3 is 2.00 bits per heavy atom. The molecular weight excluding hydrogens is 398 g/mol. The molecule has 0 aliphatic heterocycles. The van der Waals surface area contributed by atoms with E-state index in [0.29, 0.717) is 18.5 Å². The molecule has 0 aromatic heterocycles. The van der Waals surface area contributed by atoms with Crippen molar-refractivity contribution in [3.8, 4) is 0 Å². The van der Waals surface area contributed by atoms with Crippen molar-refractivity contribution in [2.45, 2.75) is 97.7 Å². The van der Waals surface area contributed by atoms with Crippen LogP contribution in [-0.4, -0.2) is 43.2 Å². The summed E-state index contributed by atoms with van der Waals surface area (Å²) in [5, 5.41) is 2.91. The molecule has 6 nitrogen and oxygen atoms in total. The molecule has 0 spiro atoms. The number of anilines is 1. The highest BCUT2D eigenvalue weighted by atomic mass is 32.2. The molecule has 7 heteroatoms. The zero-order valence-electron chi connectivity index (χ0n) is 19.0. The number of benzene rings is 1. The van der Waals surface area contributed by atoms with E-state index in [-0.39, 0.29) is 11.8 Å². The van der Waals surface area contributed by atoms with Crippen LogP contribution in [0.25, 0.3) is 0 Å². The Bertz CT molecular complexity index is 853. The first kappa shape index (κ1) is 23.1. The van der Waals surface area contributed by atoms with Gasteiger partial charge >= 0.3 is 6.03 Å². The summed E-state index contributed by atoms with van der Waals surface area (Å²) in [5.41, 5.74) is 5.88. The number of carbonyl (C=O) groups is 1. The fraction of sp³-hybridized carbons (Fsp3) is 0.696. The quantitative estimate of drug-likeness (QED) is 0.647. The van der Waals surface area contributed by atoms with Crippen molar-refractivity contribution in [3.05, 3.63) is 28.3 Å². The van der Waals surface area contributed by atoms with E-state index >= 15 is 0 Å². The first-order valence-electron chi connectivity index (χ1n) is 11.3. The van der Waals surface area contributed by atoms with Crippen molar-refractivity contribution in [3.63, 3.8) is 0 Å². The molecule has 1 atom stereocenters. The molecule has 0 fully saturated rings. The van der Waals surface area contributed by atoms with Crippen LogP contribution in [0.1, 0.15) is 76.1 Å².